The molecule has 0 aromatic carbocycles. The summed E-state index contributed by atoms with van der Waals surface area (Å²) in [5.41, 5.74) is 17.0. The van der Waals surface area contributed by atoms with Gasteiger partial charge in [-0.2, -0.15) is 15.2 Å². The SMILES string of the molecule is CCC/C(C(=O)c1nc(OC[C@@H]2CCCN2C)c2c(n1)[N+]1(CCOC1)N=C2C)=C(/N)[C@H]1CCCc2sc(N)c(C#N)c21. The van der Waals surface area contributed by atoms with E-state index in [2.05, 4.69) is 18.0 Å². The predicted octanol–water partition coefficient (Wildman–Crippen LogP) is 3.81. The maximum atomic E-state index is 14.4. The average Bonchev–Trinajstić information content (AvgIpc) is 3.76. The number of Topliss-reactive ketones (excluding diaryl/α,β-unsaturated/α-hetero) is 1. The Hall–Kier alpha value is -3.37. The number of allylic oxidation sites excluding steroid dienone is 2. The smallest absolute Gasteiger partial charge is 0.273 e. The molecule has 2 aromatic heterocycles. The standard InChI is InChI=1S/C30H38N8O3S/c1-4-7-20(25(32)19-9-5-10-22-24(19)21(14-31)27(33)42-22)26(39)28-34-29-23(17(2)36-38(29)12-13-40-16-38)30(35-28)41-15-18-8-6-11-37(18)3/h18-19H,4-13,15-16,33H2,1-3H3,(H-,32,39)/p+1/t18-,19-,38?/m0/s1. The Morgan fingerprint density at radius 2 is 2.14 bits per heavy atom. The van der Waals surface area contributed by atoms with Crippen LogP contribution in [0.15, 0.2) is 16.4 Å². The van der Waals surface area contributed by atoms with E-state index in [-0.39, 0.29) is 28.2 Å². The van der Waals surface area contributed by atoms with E-state index in [1.807, 2.05) is 13.8 Å². The molecule has 3 atom stereocenters. The number of nitrogens with zero attached hydrogens (tertiary/aromatic N) is 6. The molecule has 6 rings (SSSR count). The normalized spacial score (nSPS) is 25.6. The number of hydrogen-bond donors (Lipinski definition) is 2. The average molecular weight is 592 g/mol. The fourth-order valence-electron chi connectivity index (χ4n) is 6.83. The molecule has 1 aliphatic carbocycles. The van der Waals surface area contributed by atoms with Crippen molar-refractivity contribution in [1.82, 2.24) is 19.5 Å². The Morgan fingerprint density at radius 1 is 1.31 bits per heavy atom. The van der Waals surface area contributed by atoms with Gasteiger partial charge < -0.3 is 25.8 Å². The molecule has 42 heavy (non-hydrogen) atoms. The van der Waals surface area contributed by atoms with Gasteiger partial charge >= 0.3 is 0 Å². The van der Waals surface area contributed by atoms with Crippen LogP contribution in [0, 0.1) is 11.3 Å². The Bertz CT molecular complexity index is 1520. The molecule has 0 saturated carbocycles. The summed E-state index contributed by atoms with van der Waals surface area (Å²) in [7, 11) is 2.11. The number of nitriles is 1. The van der Waals surface area contributed by atoms with E-state index in [0.717, 1.165) is 66.8 Å². The van der Waals surface area contributed by atoms with E-state index >= 15 is 0 Å². The molecule has 0 bridgehead atoms. The zero-order valence-electron chi connectivity index (χ0n) is 24.6. The third-order valence-electron chi connectivity index (χ3n) is 9.06. The van der Waals surface area contributed by atoms with Gasteiger partial charge in [0, 0.05) is 28.1 Å². The summed E-state index contributed by atoms with van der Waals surface area (Å²) in [6.45, 7) is 6.99. The minimum absolute atomic E-state index is 0.0607. The van der Waals surface area contributed by atoms with Gasteiger partial charge in [-0.3, -0.25) is 4.79 Å². The van der Waals surface area contributed by atoms with Gasteiger partial charge in [0.2, 0.25) is 24.2 Å². The van der Waals surface area contributed by atoms with E-state index in [1.165, 1.54) is 11.3 Å². The Balaban J connectivity index is 1.43. The van der Waals surface area contributed by atoms with Crippen LogP contribution in [0.1, 0.15) is 90.5 Å². The first-order valence-electron chi connectivity index (χ1n) is 14.9. The summed E-state index contributed by atoms with van der Waals surface area (Å²) in [6, 6.07) is 2.56. The quantitative estimate of drug-likeness (QED) is 0.265. The summed E-state index contributed by atoms with van der Waals surface area (Å²) in [5.74, 6) is 0.534. The van der Waals surface area contributed by atoms with E-state index in [4.69, 9.17) is 36.0 Å². The number of quaternary nitrogens is 1. The van der Waals surface area contributed by atoms with Crippen LogP contribution in [0.25, 0.3) is 0 Å². The zero-order valence-corrected chi connectivity index (χ0v) is 25.4. The van der Waals surface area contributed by atoms with Crippen molar-refractivity contribution in [3.8, 4) is 11.9 Å². The van der Waals surface area contributed by atoms with Crippen molar-refractivity contribution in [1.29, 1.82) is 5.26 Å². The highest BCUT2D eigenvalue weighted by atomic mass is 32.1. The number of nitrogen functional groups attached to an aromatic ring is 1. The molecule has 1 spiro atoms. The maximum absolute atomic E-state index is 14.4. The number of likely N-dealkylation sites (tertiary alicyclic amines) is 1. The fraction of sp³-hybridized carbons (Fsp3) is 0.567. The number of ketones is 1. The van der Waals surface area contributed by atoms with E-state index in [1.54, 1.807) is 0 Å². The number of likely N-dealkylation sites (N-methyl/N-ethyl adjacent to an activating group) is 1. The first-order chi connectivity index (χ1) is 20.3. The highest BCUT2D eigenvalue weighted by Gasteiger charge is 2.48. The molecule has 2 aromatic rings. The number of thiophene rings is 1. The number of fused-ring (bicyclic) bond motifs is 3. The lowest BCUT2D eigenvalue weighted by atomic mass is 9.80. The number of hydrogen-bond acceptors (Lipinski definition) is 11. The van der Waals surface area contributed by atoms with Gasteiger partial charge in [-0.1, -0.05) is 18.4 Å². The lowest BCUT2D eigenvalue weighted by Gasteiger charge is -2.26. The van der Waals surface area contributed by atoms with E-state index < -0.39 is 0 Å². The first-order valence-corrected chi connectivity index (χ1v) is 15.7. The Morgan fingerprint density at radius 3 is 2.83 bits per heavy atom. The minimum Gasteiger partial charge on any atom is -0.475 e. The van der Waals surface area contributed by atoms with Crippen LogP contribution in [-0.4, -0.2) is 72.5 Å². The number of ether oxygens (including phenoxy) is 2. The Kier molecular flexibility index (Phi) is 7.78. The minimum atomic E-state index is -0.309. The van der Waals surface area contributed by atoms with Gasteiger partial charge in [0.15, 0.2) is 0 Å². The van der Waals surface area contributed by atoms with Crippen molar-refractivity contribution in [3.63, 3.8) is 0 Å². The van der Waals surface area contributed by atoms with E-state index in [9.17, 15) is 10.1 Å². The van der Waals surface area contributed by atoms with Crippen LogP contribution in [0.2, 0.25) is 0 Å². The maximum Gasteiger partial charge on any atom is 0.273 e. The highest BCUT2D eigenvalue weighted by molar-refractivity contribution is 7.16. The summed E-state index contributed by atoms with van der Waals surface area (Å²) < 4.78 is 12.3. The molecule has 3 aliphatic heterocycles. The fourth-order valence-corrected chi connectivity index (χ4v) is 7.95. The Labute approximate surface area is 250 Å². The van der Waals surface area contributed by atoms with Gasteiger partial charge in [-0.15, -0.1) is 15.9 Å². The molecule has 0 amide bonds. The number of nitrogens with two attached hydrogens (primary N) is 2. The van der Waals surface area contributed by atoms with Crippen molar-refractivity contribution >= 4 is 33.7 Å². The molecule has 11 nitrogen and oxygen atoms in total. The van der Waals surface area contributed by atoms with Crippen LogP contribution >= 0.6 is 11.3 Å². The number of aryl methyl sites for hydroxylation is 1. The van der Waals surface area contributed by atoms with E-state index in [0.29, 0.717) is 66.4 Å². The molecule has 2 fully saturated rings. The van der Waals surface area contributed by atoms with Gasteiger partial charge in [0.05, 0.1) is 5.56 Å². The van der Waals surface area contributed by atoms with Gasteiger partial charge in [0.25, 0.3) is 5.82 Å². The predicted molar refractivity (Wildman–Crippen MR) is 162 cm³/mol. The number of rotatable bonds is 8. The number of aromatic nitrogens is 2. The highest BCUT2D eigenvalue weighted by Crippen LogP contribution is 2.45. The number of anilines is 1. The topological polar surface area (TPSA) is 153 Å². The van der Waals surface area contributed by atoms with Crippen molar-refractivity contribution in [2.45, 2.75) is 70.8 Å². The molecular weight excluding hydrogens is 552 g/mol. The molecule has 2 saturated heterocycles. The third-order valence-corrected chi connectivity index (χ3v) is 10.2. The molecule has 4 aliphatic rings. The zero-order chi connectivity index (χ0) is 29.6. The van der Waals surface area contributed by atoms with Crippen molar-refractivity contribution in [2.75, 3.05) is 45.8 Å². The molecular formula is C30H39N8O3S+. The summed E-state index contributed by atoms with van der Waals surface area (Å²) >= 11 is 1.46. The van der Waals surface area contributed by atoms with Gasteiger partial charge in [-0.05, 0) is 64.6 Å². The van der Waals surface area contributed by atoms with Crippen LogP contribution < -0.4 is 20.8 Å². The summed E-state index contributed by atoms with van der Waals surface area (Å²) in [4.78, 5) is 27.4. The lowest BCUT2D eigenvalue weighted by Crippen LogP contribution is -2.40. The van der Waals surface area contributed by atoms with Crippen LogP contribution in [-0.2, 0) is 11.2 Å². The largest absolute Gasteiger partial charge is 0.475 e. The molecule has 1 unspecified atom stereocenters. The van der Waals surface area contributed by atoms with Gasteiger partial charge in [0.1, 0.15) is 42.1 Å². The molecule has 4 N–H and O–H groups in total. The van der Waals surface area contributed by atoms with Crippen LogP contribution in [0.3, 0.4) is 0 Å². The van der Waals surface area contributed by atoms with Crippen molar-refractivity contribution < 1.29 is 14.3 Å². The second-order valence-electron chi connectivity index (χ2n) is 11.8. The lowest BCUT2D eigenvalue weighted by molar-refractivity contribution is 0.101. The van der Waals surface area contributed by atoms with Crippen LogP contribution in [0.4, 0.5) is 10.8 Å². The van der Waals surface area contributed by atoms with Crippen molar-refractivity contribution in [3.05, 3.63) is 38.7 Å². The number of carbonyl (C=O) groups excluding carboxylic acids is 1. The summed E-state index contributed by atoms with van der Waals surface area (Å²) in [6.07, 6.45) is 5.90. The second-order valence-corrected chi connectivity index (χ2v) is 12.9. The second kappa shape index (κ2) is 11.4. The summed E-state index contributed by atoms with van der Waals surface area (Å²) in [5, 5.41) is 15.3. The molecule has 5 heterocycles. The van der Waals surface area contributed by atoms with Crippen LogP contribution in [0.5, 0.6) is 5.88 Å². The molecule has 0 radical (unpaired) electrons. The van der Waals surface area contributed by atoms with Crippen molar-refractivity contribution in [2.24, 2.45) is 10.8 Å². The molecule has 222 valence electrons. The first kappa shape index (κ1) is 28.7. The number of carbonyl (C=O) groups is 1. The molecule has 12 heteroatoms. The monoisotopic (exact) mass is 591 g/mol. The van der Waals surface area contributed by atoms with Gasteiger partial charge in [-0.25, -0.2) is 0 Å². The third kappa shape index (κ3) is 4.78.